The number of hydrogen-bond acceptors (Lipinski definition) is 8. The van der Waals surface area contributed by atoms with Crippen molar-refractivity contribution >= 4 is 32.8 Å². The number of nitrogens with zero attached hydrogens (tertiary/aromatic N) is 2. The third-order valence-electron chi connectivity index (χ3n) is 5.04. The molecule has 1 aromatic rings. The van der Waals surface area contributed by atoms with E-state index in [4.69, 9.17) is 19.7 Å². The fourth-order valence-electron chi connectivity index (χ4n) is 2.95. The largest absolute Gasteiger partial charge is 0.465 e. The lowest BCUT2D eigenvalue weighted by molar-refractivity contribution is -0.147. The van der Waals surface area contributed by atoms with Gasteiger partial charge in [-0.05, 0) is 18.4 Å². The predicted molar refractivity (Wildman–Crippen MR) is 123 cm³/mol. The molecule has 31 heavy (non-hydrogen) atoms. The van der Waals surface area contributed by atoms with Crippen molar-refractivity contribution in [3.8, 4) is 0 Å². The van der Waals surface area contributed by atoms with Gasteiger partial charge >= 0.3 is 11.7 Å². The average molecular weight is 479 g/mol. The second-order valence-corrected chi connectivity index (χ2v) is 9.66. The number of nitrogens with one attached hydrogen (secondary N) is 1. The zero-order valence-corrected chi connectivity index (χ0v) is 20.3. The summed E-state index contributed by atoms with van der Waals surface area (Å²) < 4.78 is 31.1. The molecule has 1 aliphatic rings. The Balaban J connectivity index is 0.00000480. The van der Waals surface area contributed by atoms with Crippen molar-refractivity contribution in [1.82, 2.24) is 14.6 Å². The van der Waals surface area contributed by atoms with Gasteiger partial charge < -0.3 is 19.7 Å². The Bertz CT molecular complexity index is 796. The third kappa shape index (κ3) is 8.57. The molecule has 12 heteroatoms. The maximum Gasteiger partial charge on any atom is 0.349 e. The molecule has 178 valence electrons. The number of aromatic nitrogens is 2. The van der Waals surface area contributed by atoms with Gasteiger partial charge in [0.1, 0.15) is 24.3 Å². The minimum atomic E-state index is -3.39. The van der Waals surface area contributed by atoms with E-state index in [-0.39, 0.29) is 44.7 Å². The smallest absolute Gasteiger partial charge is 0.349 e. The maximum absolute atomic E-state index is 13.1. The highest BCUT2D eigenvalue weighted by Crippen LogP contribution is 2.47. The van der Waals surface area contributed by atoms with Gasteiger partial charge in [0.2, 0.25) is 0 Å². The number of anilines is 1. The molecule has 1 aromatic heterocycles. The summed E-state index contributed by atoms with van der Waals surface area (Å²) >= 11 is 0. The summed E-state index contributed by atoms with van der Waals surface area (Å²) in [6.45, 7) is 6.47. The Morgan fingerprint density at radius 2 is 2.19 bits per heavy atom. The minimum Gasteiger partial charge on any atom is -0.465 e. The molecule has 10 nitrogen and oxygen atoms in total. The Labute approximate surface area is 190 Å². The Morgan fingerprint density at radius 3 is 2.77 bits per heavy atom. The van der Waals surface area contributed by atoms with E-state index in [1.54, 1.807) is 0 Å². The van der Waals surface area contributed by atoms with E-state index in [1.807, 2.05) is 13.8 Å². The highest BCUT2D eigenvalue weighted by atomic mass is 32.1. The molecule has 3 N–H and O–H groups in total. The number of hydrogen-bond donors (Lipinski definition) is 2. The summed E-state index contributed by atoms with van der Waals surface area (Å²) in [6.07, 6.45) is 4.37. The van der Waals surface area contributed by atoms with Gasteiger partial charge in [-0.25, -0.2) is 9.88 Å². The van der Waals surface area contributed by atoms with E-state index < -0.39 is 31.3 Å². The molecule has 0 radical (unpaired) electrons. The molecule has 0 aliphatic carbocycles. The SMILES string of the molecule is CCCCCOC(=O)[C@@H](NP1(=O)CO[C@@H](Cn2ccc(N)nc2=O)CO1)C(C)CC.S. The van der Waals surface area contributed by atoms with Gasteiger partial charge in [-0.1, -0.05) is 40.0 Å². The molecule has 0 saturated carbocycles. The van der Waals surface area contributed by atoms with Crippen LogP contribution >= 0.6 is 21.0 Å². The molecule has 0 amide bonds. The predicted octanol–water partition coefficient (Wildman–Crippen LogP) is 2.24. The number of ether oxygens (including phenoxy) is 2. The quantitative estimate of drug-likeness (QED) is 0.279. The van der Waals surface area contributed by atoms with Crippen LogP contribution in [0.25, 0.3) is 0 Å². The van der Waals surface area contributed by atoms with Gasteiger partial charge in [0.25, 0.3) is 7.52 Å². The summed E-state index contributed by atoms with van der Waals surface area (Å²) in [7, 11) is -3.39. The molecule has 0 bridgehead atoms. The number of unbranched alkanes of at least 4 members (excludes halogenated alkanes) is 2. The van der Waals surface area contributed by atoms with Gasteiger partial charge in [0.15, 0.2) is 0 Å². The molecule has 2 unspecified atom stereocenters. The van der Waals surface area contributed by atoms with Gasteiger partial charge in [-0.15, -0.1) is 0 Å². The first-order valence-corrected chi connectivity index (χ1v) is 12.2. The van der Waals surface area contributed by atoms with Crippen LogP contribution in [0, 0.1) is 5.92 Å². The molecule has 0 aromatic carbocycles. The van der Waals surface area contributed by atoms with Crippen LogP contribution in [0.3, 0.4) is 0 Å². The monoisotopic (exact) mass is 478 g/mol. The molecule has 2 heterocycles. The minimum absolute atomic E-state index is 0. The number of rotatable bonds is 11. The first-order valence-electron chi connectivity index (χ1n) is 10.4. The van der Waals surface area contributed by atoms with Gasteiger partial charge in [0, 0.05) is 6.20 Å². The molecule has 1 saturated heterocycles. The number of carbonyl (C=O) groups is 1. The summed E-state index contributed by atoms with van der Waals surface area (Å²) in [5, 5.41) is 2.86. The Hall–Kier alpha value is -1.39. The van der Waals surface area contributed by atoms with Crippen LogP contribution in [-0.2, 0) is 29.9 Å². The molecular formula is C19H35N4O6PS. The van der Waals surface area contributed by atoms with Crippen LogP contribution in [0.1, 0.15) is 46.5 Å². The van der Waals surface area contributed by atoms with Crippen LogP contribution in [0.4, 0.5) is 5.82 Å². The molecule has 1 fully saturated rings. The Kier molecular flexibility index (Phi) is 11.8. The molecule has 4 atom stereocenters. The number of nitrogen functional groups attached to an aromatic ring is 1. The highest BCUT2D eigenvalue weighted by Gasteiger charge is 2.38. The van der Waals surface area contributed by atoms with E-state index in [1.165, 1.54) is 16.8 Å². The van der Waals surface area contributed by atoms with Crippen molar-refractivity contribution in [3.05, 3.63) is 22.7 Å². The lowest BCUT2D eigenvalue weighted by atomic mass is 10.0. The van der Waals surface area contributed by atoms with Crippen LogP contribution in [0.2, 0.25) is 0 Å². The zero-order valence-electron chi connectivity index (χ0n) is 18.4. The fraction of sp³-hybridized carbons (Fsp3) is 0.737. The number of nitrogens with two attached hydrogens (primary N) is 1. The lowest BCUT2D eigenvalue weighted by Gasteiger charge is -2.33. The van der Waals surface area contributed by atoms with Gasteiger partial charge in [0.05, 0.1) is 19.8 Å². The Morgan fingerprint density at radius 1 is 1.45 bits per heavy atom. The van der Waals surface area contributed by atoms with Crippen LogP contribution < -0.4 is 16.5 Å². The van der Waals surface area contributed by atoms with Gasteiger partial charge in [-0.2, -0.15) is 18.5 Å². The first-order chi connectivity index (χ1) is 14.3. The van der Waals surface area contributed by atoms with Crippen LogP contribution in [0.5, 0.6) is 0 Å². The van der Waals surface area contributed by atoms with Crippen molar-refractivity contribution in [2.75, 3.05) is 25.3 Å². The third-order valence-corrected chi connectivity index (χ3v) is 6.77. The van der Waals surface area contributed by atoms with Gasteiger partial charge in [-0.3, -0.25) is 13.9 Å². The molecular weight excluding hydrogens is 443 g/mol. The highest BCUT2D eigenvalue weighted by molar-refractivity contribution is 7.59. The van der Waals surface area contributed by atoms with Crippen molar-refractivity contribution in [2.45, 2.75) is 65.1 Å². The van der Waals surface area contributed by atoms with E-state index in [9.17, 15) is 14.2 Å². The van der Waals surface area contributed by atoms with Crippen molar-refractivity contribution < 1.29 is 23.4 Å². The van der Waals surface area contributed by atoms with Crippen molar-refractivity contribution in [2.24, 2.45) is 5.92 Å². The van der Waals surface area contributed by atoms with E-state index in [0.717, 1.165) is 19.3 Å². The standard InChI is InChI=1S/C19H33N4O6P.H2S/c1-4-6-7-10-27-18(24)17(14(3)5-2)22-30(26)13-28-15(12-29-30)11-23-9-8-16(20)21-19(23)25;/h8-9,14-15,17H,4-7,10-13H2,1-3H3,(H,22,26)(H2,20,21,25);1H2/t14?,15-,17-,30?;/m0./s1. The number of esters is 1. The van der Waals surface area contributed by atoms with Crippen LogP contribution in [-0.4, -0.2) is 47.2 Å². The molecule has 2 rings (SSSR count). The van der Waals surface area contributed by atoms with E-state index in [0.29, 0.717) is 13.0 Å². The fourth-order valence-corrected chi connectivity index (χ4v) is 4.77. The van der Waals surface area contributed by atoms with Crippen molar-refractivity contribution in [1.29, 1.82) is 0 Å². The van der Waals surface area contributed by atoms with E-state index in [2.05, 4.69) is 17.0 Å². The first kappa shape index (κ1) is 27.6. The summed E-state index contributed by atoms with van der Waals surface area (Å²) in [6, 6.07) is 0.770. The van der Waals surface area contributed by atoms with Crippen molar-refractivity contribution in [3.63, 3.8) is 0 Å². The summed E-state index contributed by atoms with van der Waals surface area (Å²) in [5.74, 6) is -0.375. The zero-order chi connectivity index (χ0) is 22.1. The normalized spacial score (nSPS) is 22.9. The second kappa shape index (κ2) is 13.2. The lowest BCUT2D eigenvalue weighted by Crippen LogP contribution is -2.44. The second-order valence-electron chi connectivity index (χ2n) is 7.54. The summed E-state index contributed by atoms with van der Waals surface area (Å²) in [4.78, 5) is 28.1. The number of carbonyl (C=O) groups excluding carboxylic acids is 1. The summed E-state index contributed by atoms with van der Waals surface area (Å²) in [5.41, 5.74) is 4.99. The maximum atomic E-state index is 13.1. The van der Waals surface area contributed by atoms with Crippen LogP contribution in [0.15, 0.2) is 17.1 Å². The average Bonchev–Trinajstić information content (AvgIpc) is 2.72. The molecule has 0 spiro atoms. The molecule has 1 aliphatic heterocycles. The topological polar surface area (TPSA) is 135 Å². The van der Waals surface area contributed by atoms with E-state index >= 15 is 0 Å².